The van der Waals surface area contributed by atoms with Crippen molar-refractivity contribution in [2.45, 2.75) is 26.1 Å². The molecule has 0 saturated carbocycles. The minimum Gasteiger partial charge on any atom is -0.455 e. The molecule has 0 aliphatic rings. The summed E-state index contributed by atoms with van der Waals surface area (Å²) in [5.41, 5.74) is 8.02. The lowest BCUT2D eigenvalue weighted by atomic mass is 10.0. The molecule has 3 nitrogen and oxygen atoms in total. The highest BCUT2D eigenvalue weighted by molar-refractivity contribution is 14.2. The monoisotopic (exact) mass is 527 g/mol. The summed E-state index contributed by atoms with van der Waals surface area (Å²) in [5, 5.41) is 0. The molecule has 0 atom stereocenters. The van der Waals surface area contributed by atoms with E-state index >= 15 is 0 Å². The highest BCUT2D eigenvalue weighted by Crippen LogP contribution is 2.34. The van der Waals surface area contributed by atoms with Crippen molar-refractivity contribution >= 4 is 30.4 Å². The molecule has 0 aromatic heterocycles. The molecule has 0 unspecified atom stereocenters. The van der Waals surface area contributed by atoms with Gasteiger partial charge in [0, 0.05) is 3.57 Å². The fourth-order valence-corrected chi connectivity index (χ4v) is 4.82. The lowest BCUT2D eigenvalue weighted by molar-refractivity contribution is -0.274. The van der Waals surface area contributed by atoms with E-state index in [2.05, 4.69) is 27.8 Å². The van der Waals surface area contributed by atoms with E-state index in [9.17, 15) is 13.2 Å². The smallest absolute Gasteiger partial charge is 0.455 e. The van der Waals surface area contributed by atoms with Gasteiger partial charge in [0.1, 0.15) is 11.5 Å². The van der Waals surface area contributed by atoms with Crippen molar-refractivity contribution in [2.24, 2.45) is 0 Å². The number of nitrogen functional groups attached to an aromatic ring is 1. The van der Waals surface area contributed by atoms with E-state index in [4.69, 9.17) is 10.5 Å². The van der Waals surface area contributed by atoms with Crippen LogP contribution >= 0.6 is 20.7 Å². The zero-order valence-corrected chi connectivity index (χ0v) is 18.4. The molecule has 0 spiro atoms. The number of rotatable bonds is 7. The molecule has 0 fully saturated rings. The van der Waals surface area contributed by atoms with E-state index in [-0.39, 0.29) is 26.5 Å². The molecule has 30 heavy (non-hydrogen) atoms. The van der Waals surface area contributed by atoms with Crippen molar-refractivity contribution in [1.82, 2.24) is 0 Å². The maximum atomic E-state index is 12.3. The number of nitrogens with two attached hydrogens (primary N) is 1. The largest absolute Gasteiger partial charge is 0.573 e. The maximum Gasteiger partial charge on any atom is 0.573 e. The van der Waals surface area contributed by atoms with Gasteiger partial charge in [0.25, 0.3) is 0 Å². The van der Waals surface area contributed by atoms with Gasteiger partial charge in [-0.3, -0.25) is 0 Å². The number of unbranched alkanes of at least 4 members (excludes halogenated alkanes) is 1. The molecule has 158 valence electrons. The third-order valence-electron chi connectivity index (χ3n) is 4.08. The molecule has 3 rings (SSSR count). The predicted octanol–water partition coefficient (Wildman–Crippen LogP) is 7.37. The van der Waals surface area contributed by atoms with Crippen molar-refractivity contribution < 1.29 is 22.6 Å². The van der Waals surface area contributed by atoms with Gasteiger partial charge in [-0.05, 0) is 66.1 Å². The second kappa shape index (κ2) is 9.97. The fourth-order valence-electron chi connectivity index (χ4n) is 2.61. The first-order chi connectivity index (χ1) is 14.3. The average molecular weight is 527 g/mol. The van der Waals surface area contributed by atoms with Gasteiger partial charge in [0.05, 0.1) is 5.69 Å². The second-order valence-electron chi connectivity index (χ2n) is 6.43. The Morgan fingerprint density at radius 3 is 2.17 bits per heavy atom. The third-order valence-corrected chi connectivity index (χ3v) is 6.58. The van der Waals surface area contributed by atoms with Gasteiger partial charge in [-0.1, -0.05) is 56.3 Å². The summed E-state index contributed by atoms with van der Waals surface area (Å²) in [6.07, 6.45) is -2.41. The van der Waals surface area contributed by atoms with Crippen LogP contribution in [0.15, 0.2) is 66.7 Å². The van der Waals surface area contributed by atoms with Crippen LogP contribution in [0.3, 0.4) is 0 Å². The number of benzene rings is 3. The van der Waals surface area contributed by atoms with Crippen LogP contribution in [0.25, 0.3) is 11.1 Å². The topological polar surface area (TPSA) is 44.5 Å². The van der Waals surface area contributed by atoms with Crippen LogP contribution in [-0.4, -0.2) is 10.4 Å². The summed E-state index contributed by atoms with van der Waals surface area (Å²) in [5.74, 6) is 0.899. The summed E-state index contributed by atoms with van der Waals surface area (Å²) < 4.78 is 50.5. The van der Waals surface area contributed by atoms with Gasteiger partial charge in [-0.2, -0.15) is 0 Å². The normalized spacial score (nSPS) is 11.9. The molecule has 7 heteroatoms. The summed E-state index contributed by atoms with van der Waals surface area (Å²) in [4.78, 5) is 0. The van der Waals surface area contributed by atoms with E-state index in [1.165, 1.54) is 15.7 Å². The Kier molecular flexibility index (Phi) is 7.36. The summed E-state index contributed by atoms with van der Waals surface area (Å²) in [6.45, 7) is 2.17. The highest BCUT2D eigenvalue weighted by atomic mass is 127. The lowest BCUT2D eigenvalue weighted by Gasteiger charge is -2.12. The molecular weight excluding hydrogens is 506 g/mol. The zero-order chi connectivity index (χ0) is 21.6. The van der Waals surface area contributed by atoms with Crippen LogP contribution in [0.2, 0.25) is 0 Å². The highest BCUT2D eigenvalue weighted by Gasteiger charge is 2.30. The molecule has 0 aliphatic carbocycles. The van der Waals surface area contributed by atoms with Crippen molar-refractivity contribution in [3.63, 3.8) is 0 Å². The van der Waals surface area contributed by atoms with Crippen LogP contribution in [0, 0.1) is 3.57 Å². The van der Waals surface area contributed by atoms with E-state index in [0.29, 0.717) is 17.2 Å². The van der Waals surface area contributed by atoms with Gasteiger partial charge in [0.15, 0.2) is 5.75 Å². The van der Waals surface area contributed by atoms with Crippen LogP contribution in [-0.2, 0) is 0 Å². The van der Waals surface area contributed by atoms with Crippen LogP contribution in [0.4, 0.5) is 18.9 Å². The van der Waals surface area contributed by atoms with Crippen LogP contribution < -0.4 is 15.2 Å². The second-order valence-corrected chi connectivity index (χ2v) is 9.18. The number of halogens is 4. The van der Waals surface area contributed by atoms with Crippen molar-refractivity contribution in [3.05, 3.63) is 70.3 Å². The molecule has 0 aliphatic heterocycles. The predicted molar refractivity (Wildman–Crippen MR) is 123 cm³/mol. The Bertz CT molecular complexity index is 1000. The Balaban J connectivity index is 1.75. The molecule has 2 N–H and O–H groups in total. The molecular formula is C23H21F3INO2. The standard InChI is InChI=1S/C23H21F3INO2/c1-2-3-14-27-18-7-11-19(12-8-18)29-22-15-17(6-13-21(22)28)16-4-9-20(10-5-16)30-23(24,25)26/h4-15H,2-3,28H2,1H3. The van der Waals surface area contributed by atoms with E-state index in [1.807, 2.05) is 12.1 Å². The first-order valence-corrected chi connectivity index (χ1v) is 11.6. The number of alkyl halides is 3. The van der Waals surface area contributed by atoms with Crippen molar-refractivity contribution in [2.75, 3.05) is 5.73 Å². The summed E-state index contributed by atoms with van der Waals surface area (Å²) in [7, 11) is 0. The summed E-state index contributed by atoms with van der Waals surface area (Å²) >= 11 is -0.0933. The molecule has 0 saturated heterocycles. The zero-order valence-electron chi connectivity index (χ0n) is 16.2. The SMILES string of the molecule is CCCC=Ic1ccc(Oc2cc(-c3ccc(OC(F)(F)F)cc3)ccc2N)cc1. The van der Waals surface area contributed by atoms with Crippen LogP contribution in [0.1, 0.15) is 19.8 Å². The maximum absolute atomic E-state index is 12.3. The molecule has 3 aromatic carbocycles. The molecule has 0 bridgehead atoms. The minimum atomic E-state index is -4.71. The Morgan fingerprint density at radius 1 is 0.900 bits per heavy atom. The molecule has 3 aromatic rings. The Morgan fingerprint density at radius 2 is 1.53 bits per heavy atom. The van der Waals surface area contributed by atoms with E-state index in [0.717, 1.165) is 24.0 Å². The minimum absolute atomic E-state index is 0.0933. The average Bonchev–Trinajstić information content (AvgIpc) is 2.71. The van der Waals surface area contributed by atoms with Gasteiger partial charge >= 0.3 is 6.36 Å². The molecule has 0 amide bonds. The van der Waals surface area contributed by atoms with E-state index < -0.39 is 6.36 Å². The molecule has 0 heterocycles. The Labute approximate surface area is 183 Å². The summed E-state index contributed by atoms with van der Waals surface area (Å²) in [6, 6.07) is 18.9. The van der Waals surface area contributed by atoms with Crippen molar-refractivity contribution in [3.8, 4) is 28.4 Å². The third kappa shape index (κ3) is 6.48. The molecule has 0 radical (unpaired) electrons. The number of ether oxygens (including phenoxy) is 2. The first-order valence-electron chi connectivity index (χ1n) is 9.33. The number of hydrogen-bond donors (Lipinski definition) is 1. The first kappa shape index (κ1) is 22.1. The fraction of sp³-hybridized carbons (Fsp3) is 0.174. The van der Waals surface area contributed by atoms with Crippen LogP contribution in [0.5, 0.6) is 17.2 Å². The number of anilines is 1. The van der Waals surface area contributed by atoms with Gasteiger partial charge in [-0.25, -0.2) is 0 Å². The number of hydrogen-bond acceptors (Lipinski definition) is 3. The van der Waals surface area contributed by atoms with Gasteiger partial charge < -0.3 is 15.2 Å². The van der Waals surface area contributed by atoms with E-state index in [1.54, 1.807) is 30.3 Å². The van der Waals surface area contributed by atoms with Crippen molar-refractivity contribution in [1.29, 1.82) is 0 Å². The van der Waals surface area contributed by atoms with Gasteiger partial charge in [0.2, 0.25) is 0 Å². The lowest BCUT2D eigenvalue weighted by Crippen LogP contribution is -2.16. The van der Waals surface area contributed by atoms with Gasteiger partial charge in [-0.15, -0.1) is 13.2 Å². The Hall–Kier alpha value is -2.55. The quantitative estimate of drug-likeness (QED) is 0.258.